The molecule has 5 heteroatoms. The summed E-state index contributed by atoms with van der Waals surface area (Å²) in [5.74, 6) is 1.86. The topological polar surface area (TPSA) is 60.9 Å². The minimum atomic E-state index is 0.461. The van der Waals surface area contributed by atoms with Crippen molar-refractivity contribution in [2.45, 2.75) is 25.3 Å². The molecule has 1 aliphatic rings. The largest absolute Gasteiger partial charge is 0.339 e. The van der Waals surface area contributed by atoms with Crippen LogP contribution < -0.4 is 0 Å². The number of aromatic nitrogens is 3. The first-order valence-corrected chi connectivity index (χ1v) is 6.70. The summed E-state index contributed by atoms with van der Waals surface area (Å²) < 4.78 is 7.25. The number of rotatable bonds is 4. The lowest BCUT2D eigenvalue weighted by molar-refractivity contribution is 0.112. The van der Waals surface area contributed by atoms with Crippen molar-refractivity contribution in [1.29, 1.82) is 0 Å². The zero-order chi connectivity index (χ0) is 13.5. The van der Waals surface area contributed by atoms with E-state index in [2.05, 4.69) is 10.1 Å². The number of nitrogens with zero attached hydrogens (tertiary/aromatic N) is 3. The van der Waals surface area contributed by atoms with Crippen molar-refractivity contribution in [3.63, 3.8) is 0 Å². The van der Waals surface area contributed by atoms with Crippen molar-refractivity contribution in [1.82, 2.24) is 14.7 Å². The lowest BCUT2D eigenvalue weighted by atomic mass is 10.1. The van der Waals surface area contributed by atoms with Crippen LogP contribution in [0.3, 0.4) is 0 Å². The molecule has 1 aromatic carbocycles. The van der Waals surface area contributed by atoms with Gasteiger partial charge in [-0.2, -0.15) is 4.98 Å². The third kappa shape index (κ3) is 1.82. The molecule has 2 heterocycles. The van der Waals surface area contributed by atoms with Crippen LogP contribution in [0, 0.1) is 0 Å². The Morgan fingerprint density at radius 1 is 1.35 bits per heavy atom. The molecule has 20 heavy (non-hydrogen) atoms. The zero-order valence-corrected chi connectivity index (χ0v) is 10.8. The van der Waals surface area contributed by atoms with E-state index in [-0.39, 0.29) is 0 Å². The summed E-state index contributed by atoms with van der Waals surface area (Å²) >= 11 is 0. The molecular weight excluding hydrogens is 254 g/mol. The van der Waals surface area contributed by atoms with Crippen molar-refractivity contribution in [3.05, 3.63) is 47.7 Å². The van der Waals surface area contributed by atoms with Crippen LogP contribution in [0.1, 0.15) is 40.8 Å². The Labute approximate surface area is 115 Å². The van der Waals surface area contributed by atoms with Gasteiger partial charge in [-0.25, -0.2) is 0 Å². The second-order valence-corrected chi connectivity index (χ2v) is 5.17. The second-order valence-electron chi connectivity index (χ2n) is 5.17. The van der Waals surface area contributed by atoms with Crippen LogP contribution in [0.15, 0.2) is 35.0 Å². The fourth-order valence-corrected chi connectivity index (χ4v) is 2.50. The van der Waals surface area contributed by atoms with E-state index < -0.39 is 0 Å². The monoisotopic (exact) mass is 267 g/mol. The Kier molecular flexibility index (Phi) is 2.45. The number of hydrogen-bond donors (Lipinski definition) is 0. The summed E-state index contributed by atoms with van der Waals surface area (Å²) in [6, 6.07) is 7.68. The molecule has 100 valence electrons. The van der Waals surface area contributed by atoms with Crippen LogP contribution >= 0.6 is 0 Å². The molecule has 1 saturated carbocycles. The van der Waals surface area contributed by atoms with Crippen LogP contribution in [-0.4, -0.2) is 21.0 Å². The summed E-state index contributed by atoms with van der Waals surface area (Å²) in [5, 5.41) is 5.06. The van der Waals surface area contributed by atoms with Crippen molar-refractivity contribution in [2.75, 3.05) is 0 Å². The van der Waals surface area contributed by atoms with E-state index in [4.69, 9.17) is 4.52 Å². The molecule has 0 radical (unpaired) electrons. The molecule has 2 aromatic heterocycles. The quantitative estimate of drug-likeness (QED) is 0.682. The van der Waals surface area contributed by atoms with Crippen LogP contribution in [0.4, 0.5) is 0 Å². The van der Waals surface area contributed by atoms with Crippen molar-refractivity contribution in [2.24, 2.45) is 0 Å². The number of fused-ring (bicyclic) bond motifs is 1. The summed E-state index contributed by atoms with van der Waals surface area (Å²) in [7, 11) is 0. The van der Waals surface area contributed by atoms with Gasteiger partial charge in [-0.15, -0.1) is 0 Å². The highest BCUT2D eigenvalue weighted by atomic mass is 16.5. The first kappa shape index (κ1) is 11.4. The molecule has 4 rings (SSSR count). The van der Waals surface area contributed by atoms with E-state index in [0.29, 0.717) is 23.9 Å². The molecule has 3 aromatic rings. The fourth-order valence-electron chi connectivity index (χ4n) is 2.50. The average Bonchev–Trinajstić information content (AvgIpc) is 3.09. The van der Waals surface area contributed by atoms with Crippen LogP contribution in [0.2, 0.25) is 0 Å². The number of hydrogen-bond acceptors (Lipinski definition) is 4. The predicted octanol–water partition coefficient (Wildman–Crippen LogP) is 2.76. The van der Waals surface area contributed by atoms with E-state index in [1.807, 2.05) is 35.0 Å². The molecule has 0 bridgehead atoms. The number of aldehydes is 1. The van der Waals surface area contributed by atoms with Crippen LogP contribution in [0.5, 0.6) is 0 Å². The highest BCUT2D eigenvalue weighted by Crippen LogP contribution is 2.38. The fraction of sp³-hybridized carbons (Fsp3) is 0.267. The van der Waals surface area contributed by atoms with Crippen molar-refractivity contribution in [3.8, 4) is 0 Å². The Bertz CT molecular complexity index is 783. The second kappa shape index (κ2) is 4.30. The third-order valence-corrected chi connectivity index (χ3v) is 3.67. The summed E-state index contributed by atoms with van der Waals surface area (Å²) in [6.45, 7) is 0.518. The minimum Gasteiger partial charge on any atom is -0.339 e. The van der Waals surface area contributed by atoms with Gasteiger partial charge >= 0.3 is 0 Å². The molecule has 0 unspecified atom stereocenters. The molecule has 0 amide bonds. The zero-order valence-electron chi connectivity index (χ0n) is 10.8. The van der Waals surface area contributed by atoms with E-state index in [1.54, 1.807) is 0 Å². The lowest BCUT2D eigenvalue weighted by Gasteiger charge is -2.03. The SMILES string of the molecule is O=Cc1cccc2ccn(Cc3noc(C4CC4)n3)c12. The highest BCUT2D eigenvalue weighted by Gasteiger charge is 2.29. The maximum Gasteiger partial charge on any atom is 0.229 e. The van der Waals surface area contributed by atoms with E-state index in [0.717, 1.165) is 35.9 Å². The average molecular weight is 267 g/mol. The lowest BCUT2D eigenvalue weighted by Crippen LogP contribution is -2.01. The Morgan fingerprint density at radius 3 is 3.05 bits per heavy atom. The summed E-state index contributed by atoms with van der Waals surface area (Å²) in [6.07, 6.45) is 5.11. The number of para-hydroxylation sites is 1. The normalized spacial score (nSPS) is 14.8. The van der Waals surface area contributed by atoms with Crippen LogP contribution in [0.25, 0.3) is 10.9 Å². The van der Waals surface area contributed by atoms with E-state index in [9.17, 15) is 4.79 Å². The van der Waals surface area contributed by atoms with Gasteiger partial charge < -0.3 is 9.09 Å². The highest BCUT2D eigenvalue weighted by molar-refractivity contribution is 5.96. The van der Waals surface area contributed by atoms with Gasteiger partial charge in [0.25, 0.3) is 0 Å². The Balaban J connectivity index is 1.72. The Morgan fingerprint density at radius 2 is 2.25 bits per heavy atom. The van der Waals surface area contributed by atoms with Crippen molar-refractivity contribution < 1.29 is 9.32 Å². The number of benzene rings is 1. The first-order valence-electron chi connectivity index (χ1n) is 6.70. The minimum absolute atomic E-state index is 0.461. The first-order chi connectivity index (χ1) is 9.85. The number of carbonyl (C=O) groups is 1. The molecule has 0 spiro atoms. The molecule has 0 atom stereocenters. The molecule has 1 fully saturated rings. The van der Waals surface area contributed by atoms with E-state index >= 15 is 0 Å². The van der Waals surface area contributed by atoms with Gasteiger partial charge in [0, 0.05) is 23.1 Å². The van der Waals surface area contributed by atoms with E-state index in [1.165, 1.54) is 0 Å². The molecule has 0 N–H and O–H groups in total. The maximum atomic E-state index is 11.2. The standard InChI is InChI=1S/C15H13N3O2/c19-9-12-3-1-2-10-6-7-18(14(10)12)8-13-16-15(20-17-13)11-4-5-11/h1-3,6-7,9,11H,4-5,8H2. The summed E-state index contributed by atoms with van der Waals surface area (Å²) in [5.41, 5.74) is 1.60. The molecular formula is C15H13N3O2. The van der Waals surface area contributed by atoms with Crippen LogP contribution in [-0.2, 0) is 6.54 Å². The smallest absolute Gasteiger partial charge is 0.229 e. The van der Waals surface area contributed by atoms with Gasteiger partial charge in [-0.3, -0.25) is 4.79 Å². The molecule has 5 nitrogen and oxygen atoms in total. The molecule has 0 aliphatic heterocycles. The predicted molar refractivity (Wildman–Crippen MR) is 72.7 cm³/mol. The Hall–Kier alpha value is -2.43. The van der Waals surface area contributed by atoms with Gasteiger partial charge in [0.2, 0.25) is 5.89 Å². The van der Waals surface area contributed by atoms with Gasteiger partial charge in [0.1, 0.15) is 0 Å². The van der Waals surface area contributed by atoms with Gasteiger partial charge in [0.15, 0.2) is 12.1 Å². The van der Waals surface area contributed by atoms with Crippen molar-refractivity contribution >= 4 is 17.2 Å². The number of carbonyl (C=O) groups excluding carboxylic acids is 1. The maximum absolute atomic E-state index is 11.2. The summed E-state index contributed by atoms with van der Waals surface area (Å²) in [4.78, 5) is 15.6. The van der Waals surface area contributed by atoms with Gasteiger partial charge in [0.05, 0.1) is 12.1 Å². The molecule has 1 aliphatic carbocycles. The van der Waals surface area contributed by atoms with Gasteiger partial charge in [-0.05, 0) is 25.0 Å². The van der Waals surface area contributed by atoms with Gasteiger partial charge in [-0.1, -0.05) is 17.3 Å². The molecule has 0 saturated heterocycles. The third-order valence-electron chi connectivity index (χ3n) is 3.67.